The number of ether oxygens (including phenoxy) is 1. The molecule has 0 bridgehead atoms. The molecule has 0 aliphatic rings. The Balaban J connectivity index is 2.64. The van der Waals surface area contributed by atoms with Crippen molar-refractivity contribution in [3.8, 4) is 0 Å². The van der Waals surface area contributed by atoms with Crippen molar-refractivity contribution < 1.29 is 13.9 Å². The fourth-order valence-electron chi connectivity index (χ4n) is 1.63. The first-order valence-electron chi connectivity index (χ1n) is 5.74. The summed E-state index contributed by atoms with van der Waals surface area (Å²) in [4.78, 5) is 13.6. The van der Waals surface area contributed by atoms with Gasteiger partial charge in [-0.05, 0) is 37.6 Å². The molecule has 0 aliphatic heterocycles. The van der Waals surface area contributed by atoms with Crippen LogP contribution in [-0.2, 0) is 9.53 Å². The average Bonchev–Trinajstić information content (AvgIpc) is 2.33. The number of rotatable bonds is 6. The minimum Gasteiger partial charge on any atom is -0.385 e. The molecule has 1 aromatic carbocycles. The second-order valence-electron chi connectivity index (χ2n) is 3.71. The van der Waals surface area contributed by atoms with Gasteiger partial charge in [0, 0.05) is 32.4 Å². The molecule has 0 atom stereocenters. The highest BCUT2D eigenvalue weighted by Gasteiger charge is 2.13. The molecule has 4 heteroatoms. The molecule has 0 heterocycles. The van der Waals surface area contributed by atoms with E-state index in [1.165, 1.54) is 12.1 Å². The van der Waals surface area contributed by atoms with E-state index in [0.717, 1.165) is 5.69 Å². The Kier molecular flexibility index (Phi) is 5.63. The first-order chi connectivity index (χ1) is 8.19. The minimum absolute atomic E-state index is 0.0381. The number of anilines is 1. The van der Waals surface area contributed by atoms with Crippen LogP contribution in [0.2, 0.25) is 0 Å². The lowest BCUT2D eigenvalue weighted by atomic mass is 10.2. The summed E-state index contributed by atoms with van der Waals surface area (Å²) in [5.41, 5.74) is 0.733. The van der Waals surface area contributed by atoms with Gasteiger partial charge in [0.05, 0.1) is 0 Å². The zero-order valence-corrected chi connectivity index (χ0v) is 10.3. The SMILES string of the molecule is CCN(C(=O)CCCOC)c1ccc(F)cc1. The summed E-state index contributed by atoms with van der Waals surface area (Å²) in [5, 5.41) is 0. The summed E-state index contributed by atoms with van der Waals surface area (Å²) in [6, 6.07) is 5.96. The molecular formula is C13H18FNO2. The Labute approximate surface area is 101 Å². The molecule has 0 saturated carbocycles. The summed E-state index contributed by atoms with van der Waals surface area (Å²) >= 11 is 0. The van der Waals surface area contributed by atoms with E-state index in [0.29, 0.717) is 26.0 Å². The van der Waals surface area contributed by atoms with Gasteiger partial charge in [0.1, 0.15) is 5.82 Å². The van der Waals surface area contributed by atoms with Gasteiger partial charge < -0.3 is 9.64 Å². The third kappa shape index (κ3) is 4.15. The number of carbonyl (C=O) groups excluding carboxylic acids is 1. The van der Waals surface area contributed by atoms with Gasteiger partial charge in [0.15, 0.2) is 0 Å². The van der Waals surface area contributed by atoms with Crippen LogP contribution in [0.4, 0.5) is 10.1 Å². The molecule has 1 amide bonds. The van der Waals surface area contributed by atoms with E-state index in [1.807, 2.05) is 6.92 Å². The highest BCUT2D eigenvalue weighted by atomic mass is 19.1. The zero-order valence-electron chi connectivity index (χ0n) is 10.3. The van der Waals surface area contributed by atoms with Crippen molar-refractivity contribution in [2.75, 3.05) is 25.2 Å². The number of methoxy groups -OCH3 is 1. The third-order valence-electron chi connectivity index (χ3n) is 2.49. The van der Waals surface area contributed by atoms with Gasteiger partial charge in [-0.25, -0.2) is 4.39 Å². The zero-order chi connectivity index (χ0) is 12.7. The fourth-order valence-corrected chi connectivity index (χ4v) is 1.63. The lowest BCUT2D eigenvalue weighted by Crippen LogP contribution is -2.30. The molecule has 3 nitrogen and oxygen atoms in total. The van der Waals surface area contributed by atoms with Crippen LogP contribution >= 0.6 is 0 Å². The molecule has 0 aliphatic carbocycles. The number of halogens is 1. The van der Waals surface area contributed by atoms with Crippen molar-refractivity contribution in [1.82, 2.24) is 0 Å². The molecule has 0 radical (unpaired) electrons. The smallest absolute Gasteiger partial charge is 0.227 e. The number of hydrogen-bond acceptors (Lipinski definition) is 2. The van der Waals surface area contributed by atoms with Crippen LogP contribution in [-0.4, -0.2) is 26.2 Å². The van der Waals surface area contributed by atoms with E-state index in [1.54, 1.807) is 24.1 Å². The molecule has 17 heavy (non-hydrogen) atoms. The summed E-state index contributed by atoms with van der Waals surface area (Å²) in [7, 11) is 1.61. The maximum atomic E-state index is 12.8. The Hall–Kier alpha value is -1.42. The summed E-state index contributed by atoms with van der Waals surface area (Å²) < 4.78 is 17.7. The van der Waals surface area contributed by atoms with Crippen LogP contribution in [0.25, 0.3) is 0 Å². The molecule has 0 saturated heterocycles. The van der Waals surface area contributed by atoms with Crippen molar-refractivity contribution in [2.24, 2.45) is 0 Å². The standard InChI is InChI=1S/C13H18FNO2/c1-3-15(13(16)5-4-10-17-2)12-8-6-11(14)7-9-12/h6-9H,3-5,10H2,1-2H3. The van der Waals surface area contributed by atoms with E-state index in [-0.39, 0.29) is 11.7 Å². The van der Waals surface area contributed by atoms with Crippen LogP contribution < -0.4 is 4.90 Å². The number of carbonyl (C=O) groups is 1. The van der Waals surface area contributed by atoms with Crippen molar-refractivity contribution >= 4 is 11.6 Å². The van der Waals surface area contributed by atoms with Gasteiger partial charge in [-0.3, -0.25) is 4.79 Å². The highest BCUT2D eigenvalue weighted by molar-refractivity contribution is 5.93. The molecule has 94 valence electrons. The van der Waals surface area contributed by atoms with Gasteiger partial charge in [0.2, 0.25) is 5.91 Å². The molecular weight excluding hydrogens is 221 g/mol. The van der Waals surface area contributed by atoms with Gasteiger partial charge in [-0.1, -0.05) is 0 Å². The topological polar surface area (TPSA) is 29.5 Å². The normalized spacial score (nSPS) is 10.3. The van der Waals surface area contributed by atoms with Gasteiger partial charge in [-0.2, -0.15) is 0 Å². The lowest BCUT2D eigenvalue weighted by molar-refractivity contribution is -0.118. The average molecular weight is 239 g/mol. The molecule has 0 aromatic heterocycles. The number of hydrogen-bond donors (Lipinski definition) is 0. The summed E-state index contributed by atoms with van der Waals surface area (Å²) in [6.45, 7) is 3.06. The first kappa shape index (κ1) is 13.6. The van der Waals surface area contributed by atoms with Crippen molar-refractivity contribution in [2.45, 2.75) is 19.8 Å². The second kappa shape index (κ2) is 7.01. The van der Waals surface area contributed by atoms with Crippen LogP contribution in [0, 0.1) is 5.82 Å². The quantitative estimate of drug-likeness (QED) is 0.714. The monoisotopic (exact) mass is 239 g/mol. The van der Waals surface area contributed by atoms with Crippen molar-refractivity contribution in [3.05, 3.63) is 30.1 Å². The van der Waals surface area contributed by atoms with Gasteiger partial charge >= 0.3 is 0 Å². The molecule has 0 unspecified atom stereocenters. The van der Waals surface area contributed by atoms with Gasteiger partial charge in [-0.15, -0.1) is 0 Å². The van der Waals surface area contributed by atoms with Crippen LogP contribution in [0.3, 0.4) is 0 Å². The van der Waals surface area contributed by atoms with Crippen molar-refractivity contribution in [3.63, 3.8) is 0 Å². The molecule has 0 N–H and O–H groups in total. The van der Waals surface area contributed by atoms with Crippen LogP contribution in [0.15, 0.2) is 24.3 Å². The van der Waals surface area contributed by atoms with E-state index in [9.17, 15) is 9.18 Å². The van der Waals surface area contributed by atoms with Crippen LogP contribution in [0.1, 0.15) is 19.8 Å². The van der Waals surface area contributed by atoms with Crippen molar-refractivity contribution in [1.29, 1.82) is 0 Å². The number of nitrogens with zero attached hydrogens (tertiary/aromatic N) is 1. The van der Waals surface area contributed by atoms with E-state index in [4.69, 9.17) is 4.74 Å². The number of amides is 1. The maximum absolute atomic E-state index is 12.8. The molecule has 1 aromatic rings. The maximum Gasteiger partial charge on any atom is 0.227 e. The lowest BCUT2D eigenvalue weighted by Gasteiger charge is -2.21. The highest BCUT2D eigenvalue weighted by Crippen LogP contribution is 2.16. The van der Waals surface area contributed by atoms with E-state index in [2.05, 4.69) is 0 Å². The molecule has 1 rings (SSSR count). The Morgan fingerprint density at radius 2 is 2.00 bits per heavy atom. The first-order valence-corrected chi connectivity index (χ1v) is 5.74. The summed E-state index contributed by atoms with van der Waals surface area (Å²) in [5.74, 6) is -0.257. The third-order valence-corrected chi connectivity index (χ3v) is 2.49. The van der Waals surface area contributed by atoms with Crippen LogP contribution in [0.5, 0.6) is 0 Å². The minimum atomic E-state index is -0.295. The Morgan fingerprint density at radius 3 is 2.53 bits per heavy atom. The van der Waals surface area contributed by atoms with Gasteiger partial charge in [0.25, 0.3) is 0 Å². The number of benzene rings is 1. The fraction of sp³-hybridized carbons (Fsp3) is 0.462. The second-order valence-corrected chi connectivity index (χ2v) is 3.71. The predicted molar refractivity (Wildman–Crippen MR) is 65.5 cm³/mol. The summed E-state index contributed by atoms with van der Waals surface area (Å²) in [6.07, 6.45) is 1.14. The largest absolute Gasteiger partial charge is 0.385 e. The molecule has 0 fully saturated rings. The predicted octanol–water partition coefficient (Wildman–Crippen LogP) is 2.61. The van der Waals surface area contributed by atoms with E-state index < -0.39 is 0 Å². The van der Waals surface area contributed by atoms with E-state index >= 15 is 0 Å². The Morgan fingerprint density at radius 1 is 1.35 bits per heavy atom. The molecule has 0 spiro atoms. The Bertz CT molecular complexity index is 351.